The van der Waals surface area contributed by atoms with Gasteiger partial charge in [-0.3, -0.25) is 9.10 Å². The van der Waals surface area contributed by atoms with Gasteiger partial charge >= 0.3 is 0 Å². The summed E-state index contributed by atoms with van der Waals surface area (Å²) < 4.78 is 25.9. The van der Waals surface area contributed by atoms with E-state index in [1.165, 1.54) is 0 Å². The van der Waals surface area contributed by atoms with Gasteiger partial charge in [-0.1, -0.05) is 36.7 Å². The molecule has 146 valence electrons. The Morgan fingerprint density at radius 2 is 1.93 bits per heavy atom. The topological polar surface area (TPSA) is 66.5 Å². The Balaban J connectivity index is 2.34. The molecule has 0 heterocycles. The summed E-state index contributed by atoms with van der Waals surface area (Å²) in [7, 11) is -3.70. The minimum absolute atomic E-state index is 0.354. The summed E-state index contributed by atoms with van der Waals surface area (Å²) in [6.07, 6.45) is 1.07. The molecule has 27 heavy (non-hydrogen) atoms. The van der Waals surface area contributed by atoms with Crippen molar-refractivity contribution >= 4 is 50.7 Å². The average Bonchev–Trinajstić information content (AvgIpc) is 2.59. The van der Waals surface area contributed by atoms with Gasteiger partial charge in [0.25, 0.3) is 0 Å². The first-order valence-electron chi connectivity index (χ1n) is 8.43. The number of benzene rings is 2. The molecule has 0 saturated carbocycles. The van der Waals surface area contributed by atoms with Crippen LogP contribution < -0.4 is 9.62 Å². The summed E-state index contributed by atoms with van der Waals surface area (Å²) in [5, 5.41) is 3.29. The lowest BCUT2D eigenvalue weighted by Gasteiger charge is -2.28. The van der Waals surface area contributed by atoms with Gasteiger partial charge in [-0.05, 0) is 49.4 Å². The number of carbonyl (C=O) groups excluding carboxylic acids is 1. The van der Waals surface area contributed by atoms with Crippen molar-refractivity contribution in [2.45, 2.75) is 31.7 Å². The Kier molecular flexibility index (Phi) is 7.19. The van der Waals surface area contributed by atoms with Crippen LogP contribution in [0.2, 0.25) is 5.02 Å². The molecule has 1 atom stereocenters. The first kappa shape index (κ1) is 21.6. The van der Waals surface area contributed by atoms with Crippen molar-refractivity contribution in [1.82, 2.24) is 0 Å². The van der Waals surface area contributed by atoms with Gasteiger partial charge in [0.2, 0.25) is 15.9 Å². The smallest absolute Gasteiger partial charge is 0.248 e. The van der Waals surface area contributed by atoms with E-state index in [2.05, 4.69) is 5.32 Å². The Morgan fingerprint density at radius 3 is 2.52 bits per heavy atom. The Morgan fingerprint density at radius 1 is 1.26 bits per heavy atom. The molecule has 8 heteroatoms. The van der Waals surface area contributed by atoms with Crippen molar-refractivity contribution in [1.29, 1.82) is 0 Å². The number of carbonyl (C=O) groups is 1. The van der Waals surface area contributed by atoms with E-state index in [1.807, 2.05) is 32.0 Å². The van der Waals surface area contributed by atoms with Crippen molar-refractivity contribution in [2.24, 2.45) is 0 Å². The molecule has 2 aromatic carbocycles. The largest absolute Gasteiger partial charge is 0.323 e. The minimum atomic E-state index is -3.70. The van der Waals surface area contributed by atoms with E-state index in [0.29, 0.717) is 16.4 Å². The monoisotopic (exact) mass is 426 g/mol. The molecule has 0 saturated heterocycles. The fraction of sp³-hybridized carbons (Fsp3) is 0.316. The fourth-order valence-corrected chi connectivity index (χ4v) is 4.72. The highest BCUT2D eigenvalue weighted by atomic mass is 35.5. The zero-order valence-electron chi connectivity index (χ0n) is 15.7. The van der Waals surface area contributed by atoms with Gasteiger partial charge in [-0.2, -0.15) is 0 Å². The molecule has 1 amide bonds. The number of anilines is 2. The normalized spacial score (nSPS) is 12.5. The van der Waals surface area contributed by atoms with Crippen LogP contribution in [0.15, 0.2) is 47.4 Å². The van der Waals surface area contributed by atoms with Gasteiger partial charge in [0.05, 0.1) is 17.6 Å². The summed E-state index contributed by atoms with van der Waals surface area (Å²) in [4.78, 5) is 13.8. The molecule has 0 aliphatic heterocycles. The molecule has 0 bridgehead atoms. The second-order valence-corrected chi connectivity index (χ2v) is 9.66. The van der Waals surface area contributed by atoms with Gasteiger partial charge in [0.15, 0.2) is 0 Å². The highest BCUT2D eigenvalue weighted by Gasteiger charge is 2.29. The van der Waals surface area contributed by atoms with E-state index < -0.39 is 22.0 Å². The lowest BCUT2D eigenvalue weighted by molar-refractivity contribution is -0.116. The molecule has 0 aliphatic rings. The molecule has 0 spiro atoms. The Hall–Kier alpha value is -1.70. The van der Waals surface area contributed by atoms with Crippen LogP contribution in [0.5, 0.6) is 0 Å². The van der Waals surface area contributed by atoms with Crippen molar-refractivity contribution in [3.8, 4) is 0 Å². The van der Waals surface area contributed by atoms with Gasteiger partial charge in [0.1, 0.15) is 6.04 Å². The summed E-state index contributed by atoms with van der Waals surface area (Å²) in [6.45, 7) is 5.41. The maximum absolute atomic E-state index is 12.8. The van der Waals surface area contributed by atoms with Gasteiger partial charge in [-0.25, -0.2) is 8.42 Å². The second-order valence-electron chi connectivity index (χ2n) is 6.09. The number of rotatable bonds is 7. The van der Waals surface area contributed by atoms with Crippen LogP contribution in [0, 0.1) is 6.92 Å². The lowest BCUT2D eigenvalue weighted by atomic mass is 10.2. The van der Waals surface area contributed by atoms with E-state index in [4.69, 9.17) is 11.6 Å². The average molecular weight is 427 g/mol. The maximum atomic E-state index is 12.8. The van der Waals surface area contributed by atoms with Gasteiger partial charge < -0.3 is 5.32 Å². The summed E-state index contributed by atoms with van der Waals surface area (Å²) in [6, 6.07) is 11.4. The predicted octanol–water partition coefficient (Wildman–Crippen LogP) is 4.55. The van der Waals surface area contributed by atoms with Crippen LogP contribution in [0.4, 0.5) is 11.4 Å². The van der Waals surface area contributed by atoms with Crippen LogP contribution in [0.1, 0.15) is 19.4 Å². The number of amides is 1. The summed E-state index contributed by atoms with van der Waals surface area (Å²) in [5.41, 5.74) is 1.85. The van der Waals surface area contributed by atoms with E-state index in [-0.39, 0.29) is 0 Å². The molecular weight excluding hydrogens is 404 g/mol. The van der Waals surface area contributed by atoms with Gasteiger partial charge in [0, 0.05) is 9.92 Å². The molecular formula is C19H23ClN2O3S2. The SMILES string of the molecule is CCSc1ccccc1NC(=O)[C@@H](C)N(c1ccc(C)c(Cl)c1)S(C)(=O)=O. The predicted molar refractivity (Wildman–Crippen MR) is 114 cm³/mol. The third kappa shape index (κ3) is 5.40. The van der Waals surface area contributed by atoms with E-state index in [1.54, 1.807) is 43.0 Å². The van der Waals surface area contributed by atoms with Crippen LogP contribution in [0.25, 0.3) is 0 Å². The number of hydrogen-bond donors (Lipinski definition) is 1. The van der Waals surface area contributed by atoms with Crippen molar-refractivity contribution < 1.29 is 13.2 Å². The number of thioether (sulfide) groups is 1. The van der Waals surface area contributed by atoms with Crippen LogP contribution in [-0.2, 0) is 14.8 Å². The Bertz CT molecular complexity index is 932. The summed E-state index contributed by atoms with van der Waals surface area (Å²) in [5.74, 6) is 0.445. The van der Waals surface area contributed by atoms with Gasteiger partial charge in [-0.15, -0.1) is 11.8 Å². The Labute approximate surface area is 170 Å². The molecule has 5 nitrogen and oxygen atoms in total. The number of sulfonamides is 1. The van der Waals surface area contributed by atoms with E-state index >= 15 is 0 Å². The molecule has 0 fully saturated rings. The molecule has 0 aliphatic carbocycles. The van der Waals surface area contributed by atoms with Crippen LogP contribution >= 0.6 is 23.4 Å². The number of nitrogens with zero attached hydrogens (tertiary/aromatic N) is 1. The standard InChI is InChI=1S/C19H23ClN2O3S2/c1-5-26-18-9-7-6-8-17(18)21-19(23)14(3)22(27(4,24)25)15-11-10-13(2)16(20)12-15/h6-12,14H,5H2,1-4H3,(H,21,23)/t14-/m1/s1. The first-order chi connectivity index (χ1) is 12.6. The fourth-order valence-electron chi connectivity index (χ4n) is 2.62. The van der Waals surface area contributed by atoms with Crippen molar-refractivity contribution in [3.63, 3.8) is 0 Å². The third-order valence-electron chi connectivity index (χ3n) is 3.94. The molecule has 0 radical (unpaired) electrons. The van der Waals surface area contributed by atoms with Crippen molar-refractivity contribution in [2.75, 3.05) is 21.6 Å². The van der Waals surface area contributed by atoms with Crippen molar-refractivity contribution in [3.05, 3.63) is 53.1 Å². The number of halogens is 1. The zero-order chi connectivity index (χ0) is 20.2. The number of para-hydroxylation sites is 1. The number of nitrogens with one attached hydrogen (secondary N) is 1. The first-order valence-corrected chi connectivity index (χ1v) is 11.6. The van der Waals surface area contributed by atoms with E-state index in [0.717, 1.165) is 26.8 Å². The number of hydrogen-bond acceptors (Lipinski definition) is 4. The maximum Gasteiger partial charge on any atom is 0.248 e. The minimum Gasteiger partial charge on any atom is -0.323 e. The molecule has 1 N–H and O–H groups in total. The highest BCUT2D eigenvalue weighted by molar-refractivity contribution is 7.99. The molecule has 2 rings (SSSR count). The number of aryl methyl sites for hydroxylation is 1. The van der Waals surface area contributed by atoms with E-state index in [9.17, 15) is 13.2 Å². The molecule has 2 aromatic rings. The highest BCUT2D eigenvalue weighted by Crippen LogP contribution is 2.29. The van der Waals surface area contributed by atoms with Crippen LogP contribution in [0.3, 0.4) is 0 Å². The second kappa shape index (κ2) is 8.99. The van der Waals surface area contributed by atoms with Crippen LogP contribution in [-0.4, -0.2) is 32.4 Å². The lowest BCUT2D eigenvalue weighted by Crippen LogP contribution is -2.45. The molecule has 0 unspecified atom stereocenters. The zero-order valence-corrected chi connectivity index (χ0v) is 18.1. The quantitative estimate of drug-likeness (QED) is 0.659. The molecule has 0 aromatic heterocycles. The summed E-state index contributed by atoms with van der Waals surface area (Å²) >= 11 is 7.76. The third-order valence-corrected chi connectivity index (χ3v) is 6.55.